The maximum Gasteiger partial charge on any atom is 0.413 e. The molecule has 0 spiro atoms. The first-order chi connectivity index (χ1) is 15.6. The zero-order valence-electron chi connectivity index (χ0n) is 17.9. The van der Waals surface area contributed by atoms with Crippen molar-refractivity contribution < 1.29 is 19.4 Å². The van der Waals surface area contributed by atoms with Crippen LogP contribution >= 0.6 is 0 Å². The summed E-state index contributed by atoms with van der Waals surface area (Å²) in [5.41, 5.74) is 2.51. The molecule has 0 radical (unpaired) electrons. The van der Waals surface area contributed by atoms with Crippen molar-refractivity contribution in [2.24, 2.45) is 0 Å². The highest BCUT2D eigenvalue weighted by Gasteiger charge is 2.35. The molecule has 1 aliphatic rings. The number of pyridine rings is 2. The summed E-state index contributed by atoms with van der Waals surface area (Å²) in [5, 5.41) is 26.9. The first-order valence-corrected chi connectivity index (χ1v) is 10.3. The van der Waals surface area contributed by atoms with Crippen LogP contribution in [-0.4, -0.2) is 64.7 Å². The van der Waals surface area contributed by atoms with Crippen molar-refractivity contribution >= 4 is 17.4 Å². The smallest absolute Gasteiger partial charge is 0.413 e. The van der Waals surface area contributed by atoms with Gasteiger partial charge in [0, 0.05) is 31.0 Å². The van der Waals surface area contributed by atoms with Gasteiger partial charge in [0.25, 0.3) is 0 Å². The molecule has 1 amide bonds. The van der Waals surface area contributed by atoms with E-state index in [0.29, 0.717) is 48.8 Å². The molecule has 0 aliphatic carbocycles. The molecule has 0 bridgehead atoms. The molecule has 32 heavy (non-hydrogen) atoms. The fraction of sp³-hybridized carbons (Fsp3) is 0.364. The van der Waals surface area contributed by atoms with Gasteiger partial charge in [0.2, 0.25) is 0 Å². The maximum absolute atomic E-state index is 12.1. The Morgan fingerprint density at radius 1 is 1.44 bits per heavy atom. The zero-order chi connectivity index (χ0) is 22.7. The minimum Gasteiger partial charge on any atom is -0.492 e. The van der Waals surface area contributed by atoms with E-state index in [1.807, 2.05) is 13.0 Å². The van der Waals surface area contributed by atoms with Crippen molar-refractivity contribution in [3.05, 3.63) is 42.4 Å². The van der Waals surface area contributed by atoms with Gasteiger partial charge in [-0.05, 0) is 38.1 Å². The van der Waals surface area contributed by atoms with Crippen LogP contribution < -0.4 is 15.0 Å². The van der Waals surface area contributed by atoms with Gasteiger partial charge in [-0.15, -0.1) is 0 Å². The summed E-state index contributed by atoms with van der Waals surface area (Å²) in [6.45, 7) is 3.65. The van der Waals surface area contributed by atoms with E-state index in [0.717, 1.165) is 11.1 Å². The number of amides is 1. The Morgan fingerprint density at radius 2 is 2.28 bits per heavy atom. The molecule has 10 nitrogen and oxygen atoms in total. The van der Waals surface area contributed by atoms with Crippen molar-refractivity contribution in [2.45, 2.75) is 25.5 Å². The van der Waals surface area contributed by atoms with Crippen molar-refractivity contribution in [2.75, 3.05) is 31.7 Å². The Kier molecular flexibility index (Phi) is 6.20. The number of nitriles is 1. The van der Waals surface area contributed by atoms with E-state index in [4.69, 9.17) is 9.47 Å². The Labute approximate surface area is 185 Å². The summed E-state index contributed by atoms with van der Waals surface area (Å²) in [7, 11) is 1.58. The molecule has 3 aromatic rings. The number of carboxylic acid groups (broad SMARTS) is 1. The van der Waals surface area contributed by atoms with Crippen LogP contribution in [0.25, 0.3) is 16.6 Å². The van der Waals surface area contributed by atoms with Crippen LogP contribution in [0.3, 0.4) is 0 Å². The second-order valence-electron chi connectivity index (χ2n) is 7.38. The molecular formula is C22H24N6O4. The summed E-state index contributed by atoms with van der Waals surface area (Å²) >= 11 is 0. The molecule has 2 N–H and O–H groups in total. The van der Waals surface area contributed by atoms with E-state index in [9.17, 15) is 15.2 Å². The molecule has 4 heterocycles. The number of nitrogens with zero attached hydrogens (tertiary/aromatic N) is 5. The van der Waals surface area contributed by atoms with Crippen molar-refractivity contribution in [1.29, 1.82) is 5.26 Å². The Balaban J connectivity index is 1.75. The van der Waals surface area contributed by atoms with Gasteiger partial charge in [-0.25, -0.2) is 14.3 Å². The van der Waals surface area contributed by atoms with Gasteiger partial charge in [-0.1, -0.05) is 0 Å². The highest BCUT2D eigenvalue weighted by Crippen LogP contribution is 2.32. The van der Waals surface area contributed by atoms with E-state index in [1.54, 1.807) is 36.2 Å². The van der Waals surface area contributed by atoms with Crippen LogP contribution in [0, 0.1) is 11.3 Å². The summed E-state index contributed by atoms with van der Waals surface area (Å²) in [6.07, 6.45) is 4.10. The molecule has 1 saturated heterocycles. The molecule has 3 aromatic heterocycles. The lowest BCUT2D eigenvalue weighted by Gasteiger charge is -2.37. The standard InChI is InChI=1S/C22H24N6O4/c1-3-32-16-8-17(21-15(9-23)11-26-27(21)13-16)14-4-5-20(25-10-14)28(22(29)30)18-6-7-24-12-19(18)31-2/h4-5,8,10-11,13,18-19,24H,3,6-7,12H2,1-2H3,(H,29,30). The molecule has 4 rings (SSSR count). The number of hydrogen-bond donors (Lipinski definition) is 2. The Morgan fingerprint density at radius 3 is 2.94 bits per heavy atom. The molecule has 166 valence electrons. The van der Waals surface area contributed by atoms with E-state index < -0.39 is 6.09 Å². The normalized spacial score (nSPS) is 18.3. The van der Waals surface area contributed by atoms with Crippen LogP contribution in [0.5, 0.6) is 5.75 Å². The lowest BCUT2D eigenvalue weighted by atomic mass is 10.0. The molecule has 1 fully saturated rings. The quantitative estimate of drug-likeness (QED) is 0.604. The number of rotatable bonds is 6. The van der Waals surface area contributed by atoms with Crippen molar-refractivity contribution in [3.8, 4) is 22.9 Å². The lowest BCUT2D eigenvalue weighted by Crippen LogP contribution is -2.55. The number of hydrogen-bond acceptors (Lipinski definition) is 7. The van der Waals surface area contributed by atoms with Gasteiger partial charge in [0.1, 0.15) is 17.6 Å². The molecule has 0 aromatic carbocycles. The summed E-state index contributed by atoms with van der Waals surface area (Å²) in [6, 6.07) is 7.11. The number of fused-ring (bicyclic) bond motifs is 1. The van der Waals surface area contributed by atoms with Gasteiger partial charge >= 0.3 is 6.09 Å². The third-order valence-electron chi connectivity index (χ3n) is 5.56. The largest absolute Gasteiger partial charge is 0.492 e. The SMILES string of the molecule is CCOc1cc(-c2ccc(N(C(=O)O)C3CCNCC3OC)nc2)c2c(C#N)cnn2c1. The minimum atomic E-state index is -1.08. The van der Waals surface area contributed by atoms with Gasteiger partial charge in [0.05, 0.1) is 42.2 Å². The van der Waals surface area contributed by atoms with Crippen molar-refractivity contribution in [1.82, 2.24) is 19.9 Å². The van der Waals surface area contributed by atoms with Crippen LogP contribution in [0.15, 0.2) is 36.8 Å². The fourth-order valence-corrected chi connectivity index (χ4v) is 4.09. The van der Waals surface area contributed by atoms with Crippen LogP contribution in [0.1, 0.15) is 18.9 Å². The molecule has 2 atom stereocenters. The second-order valence-corrected chi connectivity index (χ2v) is 7.38. The summed E-state index contributed by atoms with van der Waals surface area (Å²) in [4.78, 5) is 17.8. The number of methoxy groups -OCH3 is 1. The minimum absolute atomic E-state index is 0.270. The average Bonchev–Trinajstić information content (AvgIpc) is 3.23. The van der Waals surface area contributed by atoms with E-state index in [2.05, 4.69) is 21.5 Å². The molecule has 1 aliphatic heterocycles. The monoisotopic (exact) mass is 436 g/mol. The van der Waals surface area contributed by atoms with E-state index in [1.165, 1.54) is 11.1 Å². The predicted octanol–water partition coefficient (Wildman–Crippen LogP) is 2.53. The number of aromatic nitrogens is 3. The first kappa shape index (κ1) is 21.5. The van der Waals surface area contributed by atoms with Crippen LogP contribution in [0.2, 0.25) is 0 Å². The number of carbonyl (C=O) groups is 1. The molecule has 2 unspecified atom stereocenters. The number of anilines is 1. The van der Waals surface area contributed by atoms with E-state index >= 15 is 0 Å². The van der Waals surface area contributed by atoms with Crippen LogP contribution in [-0.2, 0) is 4.74 Å². The molecule has 0 saturated carbocycles. The summed E-state index contributed by atoms with van der Waals surface area (Å²) in [5.74, 6) is 0.928. The van der Waals surface area contributed by atoms with Crippen molar-refractivity contribution in [3.63, 3.8) is 0 Å². The average molecular weight is 436 g/mol. The third-order valence-corrected chi connectivity index (χ3v) is 5.56. The first-order valence-electron chi connectivity index (χ1n) is 10.3. The predicted molar refractivity (Wildman–Crippen MR) is 117 cm³/mol. The number of ether oxygens (including phenoxy) is 2. The number of nitrogens with one attached hydrogen (secondary N) is 1. The Hall–Kier alpha value is -3.68. The topological polar surface area (TPSA) is 125 Å². The summed E-state index contributed by atoms with van der Waals surface area (Å²) < 4.78 is 12.8. The zero-order valence-corrected chi connectivity index (χ0v) is 17.9. The van der Waals surface area contributed by atoms with Gasteiger partial charge in [-0.3, -0.25) is 4.90 Å². The number of piperidine rings is 1. The fourth-order valence-electron chi connectivity index (χ4n) is 4.09. The second kappa shape index (κ2) is 9.21. The highest BCUT2D eigenvalue weighted by atomic mass is 16.5. The van der Waals surface area contributed by atoms with Gasteiger partial charge < -0.3 is 19.9 Å². The highest BCUT2D eigenvalue weighted by molar-refractivity contribution is 5.88. The lowest BCUT2D eigenvalue weighted by molar-refractivity contribution is 0.0608. The maximum atomic E-state index is 12.1. The third kappa shape index (κ3) is 3.95. The Bertz CT molecular complexity index is 1150. The van der Waals surface area contributed by atoms with Gasteiger partial charge in [0.15, 0.2) is 0 Å². The van der Waals surface area contributed by atoms with Crippen LogP contribution in [0.4, 0.5) is 10.6 Å². The van der Waals surface area contributed by atoms with E-state index in [-0.39, 0.29) is 12.1 Å². The van der Waals surface area contributed by atoms with Gasteiger partial charge in [-0.2, -0.15) is 10.4 Å². The molecular weight excluding hydrogens is 412 g/mol. The molecule has 10 heteroatoms.